The zero-order chi connectivity index (χ0) is 12.1. The number of amides is 1. The minimum Gasteiger partial charge on any atom is -0.359 e. The van der Waals surface area contributed by atoms with Gasteiger partial charge in [0.2, 0.25) is 5.91 Å². The van der Waals surface area contributed by atoms with Crippen LogP contribution in [-0.2, 0) is 4.79 Å². The van der Waals surface area contributed by atoms with Crippen molar-refractivity contribution in [3.8, 4) is 0 Å². The molecule has 1 aliphatic carbocycles. The summed E-state index contributed by atoms with van der Waals surface area (Å²) in [6, 6.07) is 0. The maximum absolute atomic E-state index is 11.3. The zero-order valence-electron chi connectivity index (χ0n) is 10.9. The van der Waals surface area contributed by atoms with Crippen LogP contribution in [0, 0.1) is 5.92 Å². The Kier molecular flexibility index (Phi) is 4.60. The maximum Gasteiger partial charge on any atom is 0.220 e. The summed E-state index contributed by atoms with van der Waals surface area (Å²) in [5.41, 5.74) is 1.62. The monoisotopic (exact) mass is 236 g/mol. The Morgan fingerprint density at radius 3 is 3.12 bits per heavy atom. The van der Waals surface area contributed by atoms with E-state index in [0.717, 1.165) is 13.1 Å². The molecule has 1 amide bonds. The average Bonchev–Trinajstić information content (AvgIpc) is 2.77. The third kappa shape index (κ3) is 3.84. The number of nitrogens with one attached hydrogen (secondary N) is 1. The second-order valence-corrected chi connectivity index (χ2v) is 5.38. The number of likely N-dealkylation sites (tertiary alicyclic amines) is 1. The molecule has 0 aromatic heterocycles. The van der Waals surface area contributed by atoms with E-state index < -0.39 is 0 Å². The highest BCUT2D eigenvalue weighted by Gasteiger charge is 2.24. The van der Waals surface area contributed by atoms with Crippen molar-refractivity contribution in [2.45, 2.75) is 38.5 Å². The van der Waals surface area contributed by atoms with Gasteiger partial charge in [-0.3, -0.25) is 9.69 Å². The van der Waals surface area contributed by atoms with Crippen LogP contribution in [0.2, 0.25) is 0 Å². The summed E-state index contributed by atoms with van der Waals surface area (Å²) in [5, 5.41) is 2.72. The number of hydrogen-bond acceptors (Lipinski definition) is 2. The zero-order valence-corrected chi connectivity index (χ0v) is 10.9. The largest absolute Gasteiger partial charge is 0.359 e. The minimum absolute atomic E-state index is 0.189. The van der Waals surface area contributed by atoms with Crippen LogP contribution in [0.5, 0.6) is 0 Å². The molecule has 1 heterocycles. The summed E-state index contributed by atoms with van der Waals surface area (Å²) in [7, 11) is 1.72. The fourth-order valence-corrected chi connectivity index (χ4v) is 2.92. The molecule has 0 spiro atoms. The van der Waals surface area contributed by atoms with Crippen molar-refractivity contribution in [2.75, 3.05) is 26.7 Å². The smallest absolute Gasteiger partial charge is 0.220 e. The van der Waals surface area contributed by atoms with Crippen LogP contribution in [-0.4, -0.2) is 37.5 Å². The van der Waals surface area contributed by atoms with E-state index in [0.29, 0.717) is 12.3 Å². The van der Waals surface area contributed by atoms with Gasteiger partial charge in [0.25, 0.3) is 0 Å². The first-order valence-electron chi connectivity index (χ1n) is 6.89. The lowest BCUT2D eigenvalue weighted by Crippen LogP contribution is -2.26. The van der Waals surface area contributed by atoms with Crippen LogP contribution in [0.25, 0.3) is 0 Å². The Balaban J connectivity index is 1.74. The Hall–Kier alpha value is -0.830. The number of carbonyl (C=O) groups is 1. The van der Waals surface area contributed by atoms with Gasteiger partial charge in [0.05, 0.1) is 0 Å². The molecule has 17 heavy (non-hydrogen) atoms. The number of hydrogen-bond donors (Lipinski definition) is 1. The molecule has 0 aromatic carbocycles. The summed E-state index contributed by atoms with van der Waals surface area (Å²) in [6.07, 6.45) is 9.59. The van der Waals surface area contributed by atoms with Crippen molar-refractivity contribution >= 4 is 5.91 Å². The van der Waals surface area contributed by atoms with E-state index in [4.69, 9.17) is 0 Å². The highest BCUT2D eigenvalue weighted by atomic mass is 16.1. The Bertz CT molecular complexity index is 299. The number of allylic oxidation sites excluding steroid dienone is 1. The van der Waals surface area contributed by atoms with Gasteiger partial charge in [-0.15, -0.1) is 0 Å². The van der Waals surface area contributed by atoms with Crippen molar-refractivity contribution in [1.82, 2.24) is 10.2 Å². The summed E-state index contributed by atoms with van der Waals surface area (Å²) >= 11 is 0. The summed E-state index contributed by atoms with van der Waals surface area (Å²) in [6.45, 7) is 3.41. The first-order valence-corrected chi connectivity index (χ1v) is 6.89. The van der Waals surface area contributed by atoms with Gasteiger partial charge < -0.3 is 5.32 Å². The molecule has 3 heteroatoms. The van der Waals surface area contributed by atoms with Gasteiger partial charge in [0.15, 0.2) is 0 Å². The van der Waals surface area contributed by atoms with Crippen molar-refractivity contribution in [3.63, 3.8) is 0 Å². The molecule has 1 N–H and O–H groups in total. The predicted molar refractivity (Wildman–Crippen MR) is 69.8 cm³/mol. The van der Waals surface area contributed by atoms with E-state index in [1.165, 1.54) is 38.6 Å². The number of rotatable bonds is 4. The van der Waals surface area contributed by atoms with Gasteiger partial charge in [-0.1, -0.05) is 11.6 Å². The molecule has 1 atom stereocenters. The first-order chi connectivity index (χ1) is 8.28. The Morgan fingerprint density at radius 1 is 1.53 bits per heavy atom. The second kappa shape index (κ2) is 6.20. The quantitative estimate of drug-likeness (QED) is 0.757. The molecular weight excluding hydrogens is 212 g/mol. The van der Waals surface area contributed by atoms with Crippen LogP contribution in [0.1, 0.15) is 38.5 Å². The van der Waals surface area contributed by atoms with Gasteiger partial charge in [0.1, 0.15) is 0 Å². The van der Waals surface area contributed by atoms with E-state index in [1.54, 1.807) is 12.6 Å². The lowest BCUT2D eigenvalue weighted by Gasteiger charge is -2.20. The molecule has 96 valence electrons. The van der Waals surface area contributed by atoms with Crippen molar-refractivity contribution in [3.05, 3.63) is 11.6 Å². The van der Waals surface area contributed by atoms with Crippen molar-refractivity contribution in [1.29, 1.82) is 0 Å². The highest BCUT2D eigenvalue weighted by molar-refractivity contribution is 5.75. The molecule has 3 nitrogen and oxygen atoms in total. The van der Waals surface area contributed by atoms with E-state index in [1.807, 2.05) is 0 Å². The normalized spacial score (nSPS) is 25.7. The van der Waals surface area contributed by atoms with Crippen molar-refractivity contribution < 1.29 is 4.79 Å². The number of carbonyl (C=O) groups excluding carboxylic acids is 1. The predicted octanol–water partition coefficient (Wildman–Crippen LogP) is 1.94. The van der Waals surface area contributed by atoms with Crippen LogP contribution < -0.4 is 5.32 Å². The molecule has 0 bridgehead atoms. The molecule has 1 aliphatic heterocycles. The summed E-state index contributed by atoms with van der Waals surface area (Å²) < 4.78 is 0. The van der Waals surface area contributed by atoms with E-state index >= 15 is 0 Å². The molecule has 0 radical (unpaired) electrons. The molecule has 0 saturated carbocycles. The second-order valence-electron chi connectivity index (χ2n) is 5.38. The van der Waals surface area contributed by atoms with Gasteiger partial charge in [0, 0.05) is 26.6 Å². The third-order valence-corrected chi connectivity index (χ3v) is 3.93. The lowest BCUT2D eigenvalue weighted by atomic mass is 9.99. The van der Waals surface area contributed by atoms with Crippen LogP contribution >= 0.6 is 0 Å². The SMILES string of the molecule is CNC(=O)C[C@H]1CCN(CC2=CCCCC2)C1. The van der Waals surface area contributed by atoms with E-state index in [9.17, 15) is 4.79 Å². The van der Waals surface area contributed by atoms with E-state index in [-0.39, 0.29) is 5.91 Å². The molecule has 0 aromatic rings. The number of nitrogens with zero attached hydrogens (tertiary/aromatic N) is 1. The van der Waals surface area contributed by atoms with Gasteiger partial charge in [-0.25, -0.2) is 0 Å². The molecule has 2 rings (SSSR count). The van der Waals surface area contributed by atoms with Gasteiger partial charge in [-0.05, 0) is 44.6 Å². The van der Waals surface area contributed by atoms with E-state index in [2.05, 4.69) is 16.3 Å². The average molecular weight is 236 g/mol. The Morgan fingerprint density at radius 2 is 2.41 bits per heavy atom. The molecule has 1 fully saturated rings. The molecule has 2 aliphatic rings. The Labute approximate surface area is 104 Å². The molecular formula is C14H24N2O. The minimum atomic E-state index is 0.189. The van der Waals surface area contributed by atoms with Crippen LogP contribution in [0.3, 0.4) is 0 Å². The van der Waals surface area contributed by atoms with Crippen molar-refractivity contribution in [2.24, 2.45) is 5.92 Å². The van der Waals surface area contributed by atoms with Crippen LogP contribution in [0.15, 0.2) is 11.6 Å². The summed E-state index contributed by atoms with van der Waals surface area (Å²) in [4.78, 5) is 13.8. The first kappa shape index (κ1) is 12.6. The third-order valence-electron chi connectivity index (χ3n) is 3.93. The topological polar surface area (TPSA) is 32.3 Å². The van der Waals surface area contributed by atoms with Gasteiger partial charge in [-0.2, -0.15) is 0 Å². The standard InChI is InChI=1S/C14H24N2O/c1-15-14(17)9-13-7-8-16(11-13)10-12-5-3-2-4-6-12/h5,13H,2-4,6-11H2,1H3,(H,15,17)/t13-/m1/s1. The maximum atomic E-state index is 11.3. The van der Waals surface area contributed by atoms with Gasteiger partial charge >= 0.3 is 0 Å². The fourth-order valence-electron chi connectivity index (χ4n) is 2.92. The highest BCUT2D eigenvalue weighted by Crippen LogP contribution is 2.23. The summed E-state index contributed by atoms with van der Waals surface area (Å²) in [5.74, 6) is 0.757. The lowest BCUT2D eigenvalue weighted by molar-refractivity contribution is -0.121. The molecule has 1 saturated heterocycles. The molecule has 0 unspecified atom stereocenters. The fraction of sp³-hybridized carbons (Fsp3) is 0.786. The van der Waals surface area contributed by atoms with Crippen LogP contribution in [0.4, 0.5) is 0 Å².